The number of rotatable bonds is 10. The number of aryl methyl sites for hydroxylation is 1. The fourth-order valence-corrected chi connectivity index (χ4v) is 8.57. The highest BCUT2D eigenvalue weighted by Crippen LogP contribution is 2.37. The SMILES string of the molecule is CCCN(CC)C1CCN(C(=O)Cc2c(C)[nH]c(/C=C3\C(=O)Nc4ccc(S(=O)(=O)Cc5c(Cl)cccc5Cl)cc43)c2C)CC1. The van der Waals surface area contributed by atoms with Crippen LogP contribution in [0.2, 0.25) is 10.0 Å². The molecule has 0 atom stereocenters. The van der Waals surface area contributed by atoms with E-state index in [-0.39, 0.29) is 38.9 Å². The van der Waals surface area contributed by atoms with Gasteiger partial charge in [0.25, 0.3) is 5.91 Å². The highest BCUT2D eigenvalue weighted by molar-refractivity contribution is 7.90. The predicted molar refractivity (Wildman–Crippen MR) is 181 cm³/mol. The molecule has 0 saturated carbocycles. The minimum Gasteiger partial charge on any atom is -0.359 e. The second-order valence-electron chi connectivity index (χ2n) is 11.9. The smallest absolute Gasteiger partial charge is 0.256 e. The minimum absolute atomic E-state index is 0.0610. The summed E-state index contributed by atoms with van der Waals surface area (Å²) < 4.78 is 26.8. The van der Waals surface area contributed by atoms with Crippen LogP contribution < -0.4 is 5.32 Å². The third-order valence-corrected chi connectivity index (χ3v) is 11.4. The predicted octanol–water partition coefficient (Wildman–Crippen LogP) is 6.67. The number of nitrogens with one attached hydrogen (secondary N) is 2. The van der Waals surface area contributed by atoms with Crippen LogP contribution in [0.3, 0.4) is 0 Å². The number of likely N-dealkylation sites (tertiary alicyclic amines) is 1. The Kier molecular flexibility index (Phi) is 10.1. The van der Waals surface area contributed by atoms with Gasteiger partial charge in [-0.3, -0.25) is 9.59 Å². The Bertz CT molecular complexity index is 1740. The van der Waals surface area contributed by atoms with Gasteiger partial charge in [0, 0.05) is 57.4 Å². The second-order valence-corrected chi connectivity index (χ2v) is 14.7. The Hall–Kier alpha value is -3.11. The number of nitrogens with zero attached hydrogens (tertiary/aromatic N) is 2. The Labute approximate surface area is 275 Å². The molecule has 0 unspecified atom stereocenters. The molecule has 0 aliphatic carbocycles. The molecule has 8 nitrogen and oxygen atoms in total. The lowest BCUT2D eigenvalue weighted by Gasteiger charge is -2.38. The maximum Gasteiger partial charge on any atom is 0.256 e. The molecule has 3 heterocycles. The van der Waals surface area contributed by atoms with E-state index < -0.39 is 9.84 Å². The van der Waals surface area contributed by atoms with E-state index in [1.54, 1.807) is 30.3 Å². The zero-order chi connectivity index (χ0) is 32.5. The maximum absolute atomic E-state index is 13.4. The number of amides is 2. The van der Waals surface area contributed by atoms with Crippen molar-refractivity contribution in [3.63, 3.8) is 0 Å². The first-order valence-electron chi connectivity index (χ1n) is 15.5. The molecule has 2 aliphatic heterocycles. The topological polar surface area (TPSA) is 103 Å². The van der Waals surface area contributed by atoms with Crippen molar-refractivity contribution in [3.8, 4) is 0 Å². The number of piperidine rings is 1. The van der Waals surface area contributed by atoms with Gasteiger partial charge in [-0.15, -0.1) is 0 Å². The van der Waals surface area contributed by atoms with Crippen molar-refractivity contribution in [1.82, 2.24) is 14.8 Å². The molecule has 0 bridgehead atoms. The van der Waals surface area contributed by atoms with Crippen LogP contribution in [0.5, 0.6) is 0 Å². The molecule has 240 valence electrons. The van der Waals surface area contributed by atoms with Gasteiger partial charge in [0.05, 0.1) is 22.6 Å². The van der Waals surface area contributed by atoms with Crippen molar-refractivity contribution in [2.75, 3.05) is 31.5 Å². The summed E-state index contributed by atoms with van der Waals surface area (Å²) in [5, 5.41) is 3.38. The molecule has 2 aliphatic rings. The monoisotopic (exact) mass is 670 g/mol. The number of benzene rings is 2. The normalized spacial score (nSPS) is 16.5. The molecular formula is C34H40Cl2N4O4S. The average molecular weight is 672 g/mol. The molecule has 2 N–H and O–H groups in total. The fourth-order valence-electron chi connectivity index (χ4n) is 6.45. The molecule has 5 rings (SSSR count). The average Bonchev–Trinajstić information content (AvgIpc) is 3.47. The summed E-state index contributed by atoms with van der Waals surface area (Å²) in [4.78, 5) is 34.3. The third-order valence-electron chi connectivity index (χ3n) is 9.03. The summed E-state index contributed by atoms with van der Waals surface area (Å²) >= 11 is 12.5. The Balaban J connectivity index is 1.35. The van der Waals surface area contributed by atoms with Crippen LogP contribution in [0.4, 0.5) is 5.69 Å². The Morgan fingerprint density at radius 1 is 1.07 bits per heavy atom. The van der Waals surface area contributed by atoms with Crippen molar-refractivity contribution in [1.29, 1.82) is 0 Å². The number of hydrogen-bond donors (Lipinski definition) is 2. The highest BCUT2D eigenvalue weighted by atomic mass is 35.5. The van der Waals surface area contributed by atoms with Gasteiger partial charge in [-0.1, -0.05) is 43.1 Å². The minimum atomic E-state index is -3.83. The number of aromatic nitrogens is 1. The van der Waals surface area contributed by atoms with Crippen LogP contribution >= 0.6 is 23.2 Å². The van der Waals surface area contributed by atoms with E-state index in [1.165, 1.54) is 12.1 Å². The van der Waals surface area contributed by atoms with E-state index >= 15 is 0 Å². The lowest BCUT2D eigenvalue weighted by molar-refractivity contribution is -0.132. The van der Waals surface area contributed by atoms with Gasteiger partial charge < -0.3 is 20.1 Å². The lowest BCUT2D eigenvalue weighted by Crippen LogP contribution is -2.47. The number of carbonyl (C=O) groups is 2. The van der Waals surface area contributed by atoms with Gasteiger partial charge in [0.15, 0.2) is 9.84 Å². The van der Waals surface area contributed by atoms with Crippen LogP contribution in [0.15, 0.2) is 41.3 Å². The summed E-state index contributed by atoms with van der Waals surface area (Å²) in [5.41, 5.74) is 5.08. The van der Waals surface area contributed by atoms with Crippen LogP contribution in [0.25, 0.3) is 11.6 Å². The molecule has 11 heteroatoms. The van der Waals surface area contributed by atoms with Gasteiger partial charge in [-0.05, 0) is 93.7 Å². The highest BCUT2D eigenvalue weighted by Gasteiger charge is 2.30. The van der Waals surface area contributed by atoms with E-state index in [9.17, 15) is 18.0 Å². The van der Waals surface area contributed by atoms with Crippen molar-refractivity contribution in [3.05, 3.63) is 80.1 Å². The summed E-state index contributed by atoms with van der Waals surface area (Å²) in [6.07, 6.45) is 5.12. The third kappa shape index (κ3) is 7.02. The number of sulfone groups is 1. The van der Waals surface area contributed by atoms with Crippen molar-refractivity contribution in [2.45, 2.75) is 70.1 Å². The van der Waals surface area contributed by atoms with Gasteiger partial charge in [-0.25, -0.2) is 8.42 Å². The van der Waals surface area contributed by atoms with Crippen molar-refractivity contribution in [2.24, 2.45) is 0 Å². The Morgan fingerprint density at radius 2 is 1.76 bits per heavy atom. The second kappa shape index (κ2) is 13.7. The first-order chi connectivity index (χ1) is 21.4. The van der Waals surface area contributed by atoms with Crippen LogP contribution in [-0.4, -0.2) is 67.2 Å². The molecule has 1 aromatic heterocycles. The van der Waals surface area contributed by atoms with E-state index in [2.05, 4.69) is 29.0 Å². The molecule has 1 fully saturated rings. The number of halogens is 2. The maximum atomic E-state index is 13.4. The zero-order valence-electron chi connectivity index (χ0n) is 26.2. The summed E-state index contributed by atoms with van der Waals surface area (Å²) in [6.45, 7) is 11.9. The number of anilines is 1. The summed E-state index contributed by atoms with van der Waals surface area (Å²) in [5.74, 6) is -0.594. The molecule has 0 spiro atoms. The van der Waals surface area contributed by atoms with Crippen LogP contribution in [0.1, 0.15) is 66.8 Å². The number of aromatic amines is 1. The fraction of sp³-hybridized carbons (Fsp3) is 0.412. The van der Waals surface area contributed by atoms with Gasteiger partial charge in [-0.2, -0.15) is 0 Å². The molecular weight excluding hydrogens is 631 g/mol. The molecule has 2 aromatic carbocycles. The molecule has 3 aromatic rings. The van der Waals surface area contributed by atoms with E-state index in [4.69, 9.17) is 23.2 Å². The van der Waals surface area contributed by atoms with Crippen LogP contribution in [-0.2, 0) is 31.6 Å². The van der Waals surface area contributed by atoms with E-state index in [0.29, 0.717) is 34.1 Å². The largest absolute Gasteiger partial charge is 0.359 e. The van der Waals surface area contributed by atoms with Crippen molar-refractivity contribution >= 4 is 62.2 Å². The van der Waals surface area contributed by atoms with Crippen molar-refractivity contribution < 1.29 is 18.0 Å². The molecule has 1 saturated heterocycles. The summed E-state index contributed by atoms with van der Waals surface area (Å²) in [7, 11) is -3.83. The molecule has 0 radical (unpaired) electrons. The quantitative estimate of drug-likeness (QED) is 0.235. The number of hydrogen-bond acceptors (Lipinski definition) is 5. The molecule has 45 heavy (non-hydrogen) atoms. The molecule has 2 amide bonds. The van der Waals surface area contributed by atoms with Gasteiger partial charge in [0.2, 0.25) is 5.91 Å². The lowest BCUT2D eigenvalue weighted by atomic mass is 10.00. The Morgan fingerprint density at radius 3 is 2.40 bits per heavy atom. The van der Waals surface area contributed by atoms with Gasteiger partial charge >= 0.3 is 0 Å². The van der Waals surface area contributed by atoms with Crippen LogP contribution in [0, 0.1) is 13.8 Å². The first-order valence-corrected chi connectivity index (χ1v) is 17.9. The first kappa shape index (κ1) is 33.3. The zero-order valence-corrected chi connectivity index (χ0v) is 28.5. The number of carbonyl (C=O) groups excluding carboxylic acids is 2. The standard InChI is InChI=1S/C34H40Cl2N4O4S/c1-5-14-39(6-2)23-12-15-40(16-13-23)33(41)19-25-21(3)32(37-22(25)4)18-27-26-17-24(10-11-31(26)38-34(27)42)45(43,44)20-28-29(35)8-7-9-30(28)36/h7-11,17-18,23,37H,5-6,12-16,19-20H2,1-4H3,(H,38,42)/b27-18-. The van der Waals surface area contributed by atoms with E-state index in [0.717, 1.165) is 62.3 Å². The summed E-state index contributed by atoms with van der Waals surface area (Å²) in [6, 6.07) is 9.97. The van der Waals surface area contributed by atoms with Gasteiger partial charge in [0.1, 0.15) is 0 Å². The number of H-pyrrole nitrogens is 1. The number of fused-ring (bicyclic) bond motifs is 1. The van der Waals surface area contributed by atoms with E-state index in [1.807, 2.05) is 18.7 Å².